The minimum Gasteiger partial charge on any atom is -0.329 e. The van der Waals surface area contributed by atoms with Gasteiger partial charge in [-0.1, -0.05) is 13.8 Å². The van der Waals surface area contributed by atoms with Crippen LogP contribution < -0.4 is 5.73 Å². The maximum absolute atomic E-state index is 6.06. The molecule has 0 bridgehead atoms. The molecule has 0 spiro atoms. The summed E-state index contributed by atoms with van der Waals surface area (Å²) in [4.78, 5) is 3.85. The first-order valence-electron chi connectivity index (χ1n) is 7.21. The lowest BCUT2D eigenvalue weighted by molar-refractivity contribution is 0.0978. The van der Waals surface area contributed by atoms with Crippen molar-refractivity contribution in [2.45, 2.75) is 51.6 Å². The molecule has 1 unspecified atom stereocenters. The van der Waals surface area contributed by atoms with Crippen LogP contribution >= 0.6 is 43.2 Å². The number of hydrogen-bond acceptors (Lipinski definition) is 3. The number of likely N-dealkylation sites (N-methyl/N-ethyl adjacent to an activating group) is 1. The fourth-order valence-corrected chi connectivity index (χ4v) is 5.31. The standard InChI is InChI=1S/C15H24Br2N2S/c1-15(2)6-4-10(5-7-15)19(3)12(9-18)13-8-11(16)14(17)20-13/h8,10,12H,4-7,9,18H2,1-3H3. The van der Waals surface area contributed by atoms with Crippen LogP contribution in [0.5, 0.6) is 0 Å². The van der Waals surface area contributed by atoms with Crippen LogP contribution in [0.2, 0.25) is 0 Å². The summed E-state index contributed by atoms with van der Waals surface area (Å²) in [5.74, 6) is 0. The first-order chi connectivity index (χ1) is 9.34. The molecule has 1 heterocycles. The van der Waals surface area contributed by atoms with Gasteiger partial charge in [-0.3, -0.25) is 4.90 Å². The molecule has 1 aliphatic rings. The largest absolute Gasteiger partial charge is 0.329 e. The van der Waals surface area contributed by atoms with E-state index in [1.54, 1.807) is 11.3 Å². The molecular formula is C15H24Br2N2S. The number of nitrogens with zero attached hydrogens (tertiary/aromatic N) is 1. The predicted octanol–water partition coefficient (Wildman–Crippen LogP) is 5.17. The first kappa shape index (κ1) is 16.9. The molecule has 1 aromatic heterocycles. The van der Waals surface area contributed by atoms with E-state index >= 15 is 0 Å². The number of halogens is 2. The number of hydrogen-bond donors (Lipinski definition) is 1. The van der Waals surface area contributed by atoms with Crippen molar-refractivity contribution < 1.29 is 0 Å². The quantitative estimate of drug-likeness (QED) is 0.723. The Kier molecular flexibility index (Phi) is 5.74. The minimum absolute atomic E-state index is 0.328. The third-order valence-electron chi connectivity index (χ3n) is 4.59. The third-order valence-corrected chi connectivity index (χ3v) is 7.95. The van der Waals surface area contributed by atoms with Gasteiger partial charge in [-0.25, -0.2) is 0 Å². The van der Waals surface area contributed by atoms with Crippen molar-refractivity contribution in [1.82, 2.24) is 4.90 Å². The van der Waals surface area contributed by atoms with Crippen LogP contribution in [-0.4, -0.2) is 24.5 Å². The van der Waals surface area contributed by atoms with Crippen molar-refractivity contribution in [3.63, 3.8) is 0 Å². The van der Waals surface area contributed by atoms with E-state index in [1.807, 2.05) is 0 Å². The summed E-state index contributed by atoms with van der Waals surface area (Å²) in [5.41, 5.74) is 6.58. The van der Waals surface area contributed by atoms with Gasteiger partial charge < -0.3 is 5.73 Å². The van der Waals surface area contributed by atoms with E-state index in [4.69, 9.17) is 5.73 Å². The maximum Gasteiger partial charge on any atom is 0.0843 e. The Morgan fingerprint density at radius 3 is 2.45 bits per heavy atom. The van der Waals surface area contributed by atoms with Gasteiger partial charge in [0.15, 0.2) is 0 Å². The highest BCUT2D eigenvalue weighted by atomic mass is 79.9. The van der Waals surface area contributed by atoms with E-state index in [-0.39, 0.29) is 0 Å². The molecule has 0 aromatic carbocycles. The summed E-state index contributed by atoms with van der Waals surface area (Å²) in [7, 11) is 2.24. The van der Waals surface area contributed by atoms with Crippen molar-refractivity contribution in [3.05, 3.63) is 19.2 Å². The third kappa shape index (κ3) is 3.86. The molecule has 114 valence electrons. The molecule has 0 radical (unpaired) electrons. The zero-order valence-corrected chi connectivity index (χ0v) is 16.4. The smallest absolute Gasteiger partial charge is 0.0843 e. The van der Waals surface area contributed by atoms with Crippen LogP contribution in [0.3, 0.4) is 0 Å². The topological polar surface area (TPSA) is 29.3 Å². The van der Waals surface area contributed by atoms with Crippen molar-refractivity contribution in [2.24, 2.45) is 11.1 Å². The van der Waals surface area contributed by atoms with E-state index < -0.39 is 0 Å². The van der Waals surface area contributed by atoms with Gasteiger partial charge in [-0.05, 0) is 76.1 Å². The van der Waals surface area contributed by atoms with Gasteiger partial charge in [-0.15, -0.1) is 11.3 Å². The maximum atomic E-state index is 6.06. The van der Waals surface area contributed by atoms with Gasteiger partial charge in [0.25, 0.3) is 0 Å². The Bertz CT molecular complexity index is 429. The molecule has 20 heavy (non-hydrogen) atoms. The van der Waals surface area contributed by atoms with Crippen LogP contribution in [0.15, 0.2) is 14.3 Å². The van der Waals surface area contributed by atoms with Gasteiger partial charge in [0.1, 0.15) is 0 Å². The SMILES string of the molecule is CN(C1CCC(C)(C)CC1)C(CN)c1cc(Br)c(Br)s1. The second kappa shape index (κ2) is 6.78. The zero-order valence-electron chi connectivity index (χ0n) is 12.5. The van der Waals surface area contributed by atoms with E-state index in [0.717, 1.165) is 8.26 Å². The summed E-state index contributed by atoms with van der Waals surface area (Å²) in [6.45, 7) is 5.45. The molecule has 5 heteroatoms. The molecule has 0 aliphatic heterocycles. The van der Waals surface area contributed by atoms with Gasteiger partial charge in [0, 0.05) is 21.9 Å². The molecule has 1 aromatic rings. The van der Waals surface area contributed by atoms with E-state index in [1.165, 1.54) is 30.6 Å². The molecule has 0 saturated heterocycles. The molecule has 1 fully saturated rings. The van der Waals surface area contributed by atoms with Crippen molar-refractivity contribution in [2.75, 3.05) is 13.6 Å². The van der Waals surface area contributed by atoms with Crippen LogP contribution in [0.1, 0.15) is 50.4 Å². The van der Waals surface area contributed by atoms with Gasteiger partial charge in [0.05, 0.1) is 9.83 Å². The fourth-order valence-electron chi connectivity index (χ4n) is 3.06. The second-order valence-corrected chi connectivity index (χ2v) is 9.84. The van der Waals surface area contributed by atoms with Gasteiger partial charge >= 0.3 is 0 Å². The number of nitrogens with two attached hydrogens (primary N) is 1. The molecule has 1 atom stereocenters. The van der Waals surface area contributed by atoms with Crippen molar-refractivity contribution >= 4 is 43.2 Å². The Morgan fingerprint density at radius 2 is 2.00 bits per heavy atom. The minimum atomic E-state index is 0.328. The van der Waals surface area contributed by atoms with Gasteiger partial charge in [0.2, 0.25) is 0 Å². The highest BCUT2D eigenvalue weighted by Gasteiger charge is 2.32. The molecule has 2 nitrogen and oxygen atoms in total. The lowest BCUT2D eigenvalue weighted by atomic mass is 9.75. The van der Waals surface area contributed by atoms with Crippen molar-refractivity contribution in [1.29, 1.82) is 0 Å². The molecule has 0 amide bonds. The summed E-state index contributed by atoms with van der Waals surface area (Å²) >= 11 is 8.95. The lowest BCUT2D eigenvalue weighted by Crippen LogP contribution is -2.41. The van der Waals surface area contributed by atoms with E-state index in [0.29, 0.717) is 24.0 Å². The predicted molar refractivity (Wildman–Crippen MR) is 95.3 cm³/mol. The zero-order chi connectivity index (χ0) is 14.9. The first-order valence-corrected chi connectivity index (χ1v) is 9.61. The van der Waals surface area contributed by atoms with E-state index in [9.17, 15) is 0 Å². The Hall–Kier alpha value is 0.580. The molecule has 1 saturated carbocycles. The molecular weight excluding hydrogens is 400 g/mol. The Morgan fingerprint density at radius 1 is 1.40 bits per heavy atom. The monoisotopic (exact) mass is 422 g/mol. The highest BCUT2D eigenvalue weighted by molar-refractivity contribution is 9.13. The summed E-state index contributed by atoms with van der Waals surface area (Å²) in [5, 5.41) is 0. The lowest BCUT2D eigenvalue weighted by Gasteiger charge is -2.41. The average Bonchev–Trinajstić information content (AvgIpc) is 2.70. The summed E-state index contributed by atoms with van der Waals surface area (Å²) < 4.78 is 2.29. The van der Waals surface area contributed by atoms with Gasteiger partial charge in [-0.2, -0.15) is 0 Å². The van der Waals surface area contributed by atoms with Crippen LogP contribution in [0.25, 0.3) is 0 Å². The molecule has 1 aliphatic carbocycles. The van der Waals surface area contributed by atoms with Crippen LogP contribution in [-0.2, 0) is 0 Å². The normalized spacial score (nSPS) is 21.4. The Labute approximate surface area is 143 Å². The molecule has 2 N–H and O–H groups in total. The van der Waals surface area contributed by atoms with Crippen LogP contribution in [0.4, 0.5) is 0 Å². The molecule has 2 rings (SSSR count). The van der Waals surface area contributed by atoms with Crippen molar-refractivity contribution in [3.8, 4) is 0 Å². The average molecular weight is 424 g/mol. The number of rotatable bonds is 4. The number of thiophene rings is 1. The summed E-state index contributed by atoms with van der Waals surface area (Å²) in [6, 6.07) is 3.19. The summed E-state index contributed by atoms with van der Waals surface area (Å²) in [6.07, 6.45) is 5.20. The second-order valence-electron chi connectivity index (χ2n) is 6.58. The Balaban J connectivity index is 2.08. The van der Waals surface area contributed by atoms with Crippen LogP contribution in [0, 0.1) is 5.41 Å². The fraction of sp³-hybridized carbons (Fsp3) is 0.733. The van der Waals surface area contributed by atoms with E-state index in [2.05, 4.69) is 63.7 Å². The highest BCUT2D eigenvalue weighted by Crippen LogP contribution is 2.41.